The molecule has 0 saturated heterocycles. The highest BCUT2D eigenvalue weighted by Crippen LogP contribution is 2.22. The molecule has 19 heavy (non-hydrogen) atoms. The van der Waals surface area contributed by atoms with E-state index in [1.807, 2.05) is 6.07 Å². The smallest absolute Gasteiger partial charge is 0.310 e. The second kappa shape index (κ2) is 5.63. The zero-order valence-electron chi connectivity index (χ0n) is 10.5. The van der Waals surface area contributed by atoms with Crippen molar-refractivity contribution in [2.24, 2.45) is 0 Å². The third-order valence-electron chi connectivity index (χ3n) is 3.09. The van der Waals surface area contributed by atoms with Crippen LogP contribution in [-0.2, 0) is 4.79 Å². The summed E-state index contributed by atoms with van der Waals surface area (Å²) in [4.78, 5) is 15.0. The number of aromatic nitrogens is 1. The summed E-state index contributed by atoms with van der Waals surface area (Å²) in [6, 6.07) is 12.3. The Kier molecular flexibility index (Phi) is 3.92. The van der Waals surface area contributed by atoms with E-state index in [4.69, 9.17) is 5.11 Å². The SMILES string of the molecule is CC(C(=O)O)c1ccc(C(O)c2ccccn2)cc1. The van der Waals surface area contributed by atoms with Crippen molar-refractivity contribution in [3.05, 3.63) is 65.5 Å². The van der Waals surface area contributed by atoms with Crippen molar-refractivity contribution in [3.8, 4) is 0 Å². The number of aliphatic hydroxyl groups excluding tert-OH is 1. The van der Waals surface area contributed by atoms with Crippen LogP contribution in [0.5, 0.6) is 0 Å². The predicted octanol–water partition coefficient (Wildman–Crippen LogP) is 2.35. The van der Waals surface area contributed by atoms with Gasteiger partial charge in [0, 0.05) is 6.20 Å². The van der Waals surface area contributed by atoms with Crippen LogP contribution in [0.4, 0.5) is 0 Å². The quantitative estimate of drug-likeness (QED) is 0.882. The van der Waals surface area contributed by atoms with E-state index in [0.29, 0.717) is 16.8 Å². The van der Waals surface area contributed by atoms with Crippen LogP contribution in [-0.4, -0.2) is 21.2 Å². The van der Waals surface area contributed by atoms with E-state index in [-0.39, 0.29) is 0 Å². The summed E-state index contributed by atoms with van der Waals surface area (Å²) in [7, 11) is 0. The van der Waals surface area contributed by atoms with Crippen LogP contribution < -0.4 is 0 Å². The standard InChI is InChI=1S/C15H15NO3/c1-10(15(18)19)11-5-7-12(8-6-11)14(17)13-4-2-3-9-16-13/h2-10,14,17H,1H3,(H,18,19). The molecular weight excluding hydrogens is 242 g/mol. The summed E-state index contributed by atoms with van der Waals surface area (Å²) < 4.78 is 0. The minimum absolute atomic E-state index is 0.555. The van der Waals surface area contributed by atoms with Crippen molar-refractivity contribution in [3.63, 3.8) is 0 Å². The van der Waals surface area contributed by atoms with E-state index in [1.54, 1.807) is 49.5 Å². The normalized spacial score (nSPS) is 13.8. The lowest BCUT2D eigenvalue weighted by molar-refractivity contribution is -0.138. The minimum atomic E-state index is -0.863. The number of rotatable bonds is 4. The number of carboxylic acids is 1. The van der Waals surface area contributed by atoms with Crippen molar-refractivity contribution in [2.45, 2.75) is 18.9 Å². The topological polar surface area (TPSA) is 70.4 Å². The Balaban J connectivity index is 2.21. The molecule has 0 aliphatic heterocycles. The third-order valence-corrected chi connectivity index (χ3v) is 3.09. The maximum Gasteiger partial charge on any atom is 0.310 e. The van der Waals surface area contributed by atoms with E-state index in [1.165, 1.54) is 0 Å². The first-order chi connectivity index (χ1) is 9.09. The fraction of sp³-hybridized carbons (Fsp3) is 0.200. The first kappa shape index (κ1) is 13.2. The lowest BCUT2D eigenvalue weighted by Crippen LogP contribution is -2.08. The molecule has 0 saturated carbocycles. The average molecular weight is 257 g/mol. The van der Waals surface area contributed by atoms with Gasteiger partial charge in [-0.15, -0.1) is 0 Å². The summed E-state index contributed by atoms with van der Waals surface area (Å²) in [6.45, 7) is 1.63. The van der Waals surface area contributed by atoms with Gasteiger partial charge < -0.3 is 10.2 Å². The van der Waals surface area contributed by atoms with Crippen LogP contribution in [0, 0.1) is 0 Å². The molecule has 0 fully saturated rings. The van der Waals surface area contributed by atoms with Gasteiger partial charge in [-0.05, 0) is 30.2 Å². The van der Waals surface area contributed by atoms with Gasteiger partial charge in [0.15, 0.2) is 0 Å². The fourth-order valence-corrected chi connectivity index (χ4v) is 1.82. The molecule has 2 rings (SSSR count). The molecule has 1 aromatic carbocycles. The lowest BCUT2D eigenvalue weighted by Gasteiger charge is -2.12. The zero-order valence-corrected chi connectivity index (χ0v) is 10.5. The van der Waals surface area contributed by atoms with Gasteiger partial charge in [-0.25, -0.2) is 0 Å². The number of nitrogens with zero attached hydrogens (tertiary/aromatic N) is 1. The molecule has 2 atom stereocenters. The van der Waals surface area contributed by atoms with Crippen molar-refractivity contribution in [1.29, 1.82) is 0 Å². The van der Waals surface area contributed by atoms with Gasteiger partial charge in [0.05, 0.1) is 11.6 Å². The number of benzene rings is 1. The molecule has 0 spiro atoms. The summed E-state index contributed by atoms with van der Waals surface area (Å²) in [6.07, 6.45) is 0.828. The number of hydrogen-bond acceptors (Lipinski definition) is 3. The largest absolute Gasteiger partial charge is 0.481 e. The van der Waals surface area contributed by atoms with E-state index in [9.17, 15) is 9.90 Å². The highest BCUT2D eigenvalue weighted by molar-refractivity contribution is 5.75. The second-order valence-corrected chi connectivity index (χ2v) is 4.38. The molecular formula is C15H15NO3. The molecule has 2 unspecified atom stereocenters. The molecule has 0 radical (unpaired) electrons. The van der Waals surface area contributed by atoms with Gasteiger partial charge in [0.1, 0.15) is 6.10 Å². The molecule has 2 aromatic rings. The zero-order chi connectivity index (χ0) is 13.8. The van der Waals surface area contributed by atoms with Crippen LogP contribution in [0.15, 0.2) is 48.7 Å². The summed E-state index contributed by atoms with van der Waals surface area (Å²) in [5, 5.41) is 19.1. The van der Waals surface area contributed by atoms with E-state index < -0.39 is 18.0 Å². The number of carbonyl (C=O) groups is 1. The molecule has 0 aliphatic rings. The van der Waals surface area contributed by atoms with Gasteiger partial charge in [0.2, 0.25) is 0 Å². The Hall–Kier alpha value is -2.20. The van der Waals surface area contributed by atoms with E-state index in [2.05, 4.69) is 4.98 Å². The lowest BCUT2D eigenvalue weighted by atomic mass is 9.98. The molecule has 4 heteroatoms. The summed E-state index contributed by atoms with van der Waals surface area (Å²) in [5.74, 6) is -1.42. The van der Waals surface area contributed by atoms with Gasteiger partial charge in [-0.3, -0.25) is 9.78 Å². The Morgan fingerprint density at radius 1 is 1.11 bits per heavy atom. The highest BCUT2D eigenvalue weighted by atomic mass is 16.4. The molecule has 0 bridgehead atoms. The van der Waals surface area contributed by atoms with Crippen molar-refractivity contribution >= 4 is 5.97 Å². The Bertz CT molecular complexity index is 551. The molecule has 1 heterocycles. The average Bonchev–Trinajstić information content (AvgIpc) is 2.46. The highest BCUT2D eigenvalue weighted by Gasteiger charge is 2.15. The fourth-order valence-electron chi connectivity index (χ4n) is 1.82. The third kappa shape index (κ3) is 2.98. The maximum absolute atomic E-state index is 10.9. The number of carboxylic acid groups (broad SMARTS) is 1. The van der Waals surface area contributed by atoms with Crippen LogP contribution in [0.3, 0.4) is 0 Å². The number of hydrogen-bond donors (Lipinski definition) is 2. The predicted molar refractivity (Wildman–Crippen MR) is 70.8 cm³/mol. The Labute approximate surface area is 111 Å². The molecule has 1 aromatic heterocycles. The molecule has 0 aliphatic carbocycles. The van der Waals surface area contributed by atoms with Crippen LogP contribution in [0.25, 0.3) is 0 Å². The van der Waals surface area contributed by atoms with Crippen LogP contribution in [0.1, 0.15) is 35.8 Å². The summed E-state index contributed by atoms with van der Waals surface area (Å²) in [5.41, 5.74) is 1.98. The molecule has 4 nitrogen and oxygen atoms in total. The first-order valence-corrected chi connectivity index (χ1v) is 6.01. The number of pyridine rings is 1. The van der Waals surface area contributed by atoms with Gasteiger partial charge >= 0.3 is 5.97 Å². The maximum atomic E-state index is 10.9. The second-order valence-electron chi connectivity index (χ2n) is 4.38. The van der Waals surface area contributed by atoms with Crippen molar-refractivity contribution < 1.29 is 15.0 Å². The molecule has 2 N–H and O–H groups in total. The molecule has 98 valence electrons. The van der Waals surface area contributed by atoms with Crippen molar-refractivity contribution in [2.75, 3.05) is 0 Å². The van der Waals surface area contributed by atoms with Crippen LogP contribution in [0.2, 0.25) is 0 Å². The molecule has 0 amide bonds. The van der Waals surface area contributed by atoms with Gasteiger partial charge in [-0.2, -0.15) is 0 Å². The Morgan fingerprint density at radius 3 is 2.26 bits per heavy atom. The van der Waals surface area contributed by atoms with E-state index in [0.717, 1.165) is 0 Å². The monoisotopic (exact) mass is 257 g/mol. The van der Waals surface area contributed by atoms with E-state index >= 15 is 0 Å². The van der Waals surface area contributed by atoms with Gasteiger partial charge in [-0.1, -0.05) is 30.3 Å². The number of aliphatic carboxylic acids is 1. The Morgan fingerprint density at radius 2 is 1.74 bits per heavy atom. The first-order valence-electron chi connectivity index (χ1n) is 6.01. The summed E-state index contributed by atoms with van der Waals surface area (Å²) >= 11 is 0. The van der Waals surface area contributed by atoms with Crippen LogP contribution >= 0.6 is 0 Å². The minimum Gasteiger partial charge on any atom is -0.481 e. The number of aliphatic hydroxyl groups is 1. The van der Waals surface area contributed by atoms with Gasteiger partial charge in [0.25, 0.3) is 0 Å². The van der Waals surface area contributed by atoms with Crippen molar-refractivity contribution in [1.82, 2.24) is 4.98 Å².